The van der Waals surface area contributed by atoms with Gasteiger partial charge in [-0.1, -0.05) is 12.1 Å². The van der Waals surface area contributed by atoms with Crippen LogP contribution >= 0.6 is 0 Å². The van der Waals surface area contributed by atoms with E-state index in [0.717, 1.165) is 0 Å². The molecule has 0 saturated heterocycles. The summed E-state index contributed by atoms with van der Waals surface area (Å²) >= 11 is 0. The highest BCUT2D eigenvalue weighted by Crippen LogP contribution is 2.20. The Morgan fingerprint density at radius 1 is 1.22 bits per heavy atom. The molecule has 0 spiro atoms. The van der Waals surface area contributed by atoms with Crippen LogP contribution in [0.15, 0.2) is 36.7 Å². The zero-order valence-electron chi connectivity index (χ0n) is 15.1. The van der Waals surface area contributed by atoms with Gasteiger partial charge in [-0.3, -0.25) is 4.79 Å². The van der Waals surface area contributed by atoms with Gasteiger partial charge in [0.05, 0.1) is 11.8 Å². The third-order valence-corrected chi connectivity index (χ3v) is 4.22. The Labute approximate surface area is 154 Å². The summed E-state index contributed by atoms with van der Waals surface area (Å²) in [6.07, 6.45) is 2.99. The lowest BCUT2D eigenvalue weighted by atomic mass is 10.0. The second-order valence-corrected chi connectivity index (χ2v) is 6.57. The molecule has 0 aliphatic heterocycles. The molecule has 2 aromatic heterocycles. The molecule has 0 bridgehead atoms. The van der Waals surface area contributed by atoms with E-state index in [-0.39, 0.29) is 17.2 Å². The maximum atomic E-state index is 13.4. The van der Waals surface area contributed by atoms with Gasteiger partial charge in [-0.2, -0.15) is 5.10 Å². The summed E-state index contributed by atoms with van der Waals surface area (Å²) in [5.41, 5.74) is 1.45. The van der Waals surface area contributed by atoms with Crippen molar-refractivity contribution in [2.24, 2.45) is 0 Å². The molecule has 0 saturated carbocycles. The SMILES string of the molecule is Cc1cc(C(NC(=O)c2cnc3c(cnn3C(C)C)c2)C(=O)O)ccc1F. The van der Waals surface area contributed by atoms with Crippen molar-refractivity contribution in [2.45, 2.75) is 32.9 Å². The van der Waals surface area contributed by atoms with Crippen LogP contribution in [0.2, 0.25) is 0 Å². The molecule has 27 heavy (non-hydrogen) atoms. The second kappa shape index (κ2) is 7.14. The molecule has 2 N–H and O–H groups in total. The molecule has 3 rings (SSSR count). The van der Waals surface area contributed by atoms with Crippen LogP contribution in [0.25, 0.3) is 11.0 Å². The van der Waals surface area contributed by atoms with Crippen molar-refractivity contribution in [3.63, 3.8) is 0 Å². The first-order valence-electron chi connectivity index (χ1n) is 8.41. The second-order valence-electron chi connectivity index (χ2n) is 6.57. The summed E-state index contributed by atoms with van der Waals surface area (Å²) in [6, 6.07) is 4.36. The van der Waals surface area contributed by atoms with Crippen molar-refractivity contribution >= 4 is 22.9 Å². The van der Waals surface area contributed by atoms with Crippen LogP contribution in [0.1, 0.15) is 47.4 Å². The lowest BCUT2D eigenvalue weighted by molar-refractivity contribution is -0.139. The van der Waals surface area contributed by atoms with Gasteiger partial charge in [0.15, 0.2) is 11.7 Å². The first kappa shape index (κ1) is 18.5. The van der Waals surface area contributed by atoms with E-state index in [4.69, 9.17) is 0 Å². The first-order valence-corrected chi connectivity index (χ1v) is 8.41. The Morgan fingerprint density at radius 2 is 1.96 bits per heavy atom. The van der Waals surface area contributed by atoms with E-state index in [2.05, 4.69) is 15.4 Å². The fourth-order valence-corrected chi connectivity index (χ4v) is 2.79. The van der Waals surface area contributed by atoms with Gasteiger partial charge in [0, 0.05) is 17.6 Å². The number of nitrogens with zero attached hydrogens (tertiary/aromatic N) is 3. The fraction of sp³-hybridized carbons (Fsp3) is 0.263. The van der Waals surface area contributed by atoms with Gasteiger partial charge in [0.1, 0.15) is 5.82 Å². The van der Waals surface area contributed by atoms with Gasteiger partial charge < -0.3 is 10.4 Å². The zero-order valence-corrected chi connectivity index (χ0v) is 15.1. The number of aryl methyl sites for hydroxylation is 1. The molecular weight excluding hydrogens is 351 g/mol. The number of nitrogens with one attached hydrogen (secondary N) is 1. The van der Waals surface area contributed by atoms with E-state index in [1.807, 2.05) is 13.8 Å². The van der Waals surface area contributed by atoms with Crippen LogP contribution in [0.3, 0.4) is 0 Å². The molecule has 1 unspecified atom stereocenters. The topological polar surface area (TPSA) is 97.1 Å². The van der Waals surface area contributed by atoms with Gasteiger partial charge in [0.25, 0.3) is 5.91 Å². The predicted octanol–water partition coefficient (Wildman–Crippen LogP) is 3.02. The smallest absolute Gasteiger partial charge is 0.330 e. The fourth-order valence-electron chi connectivity index (χ4n) is 2.79. The molecule has 7 nitrogen and oxygen atoms in total. The molecule has 0 fully saturated rings. The van der Waals surface area contributed by atoms with E-state index in [9.17, 15) is 19.1 Å². The average molecular weight is 370 g/mol. The molecule has 140 valence electrons. The highest BCUT2D eigenvalue weighted by Gasteiger charge is 2.24. The van der Waals surface area contributed by atoms with Crippen molar-refractivity contribution in [3.8, 4) is 0 Å². The highest BCUT2D eigenvalue weighted by molar-refractivity contribution is 5.98. The van der Waals surface area contributed by atoms with E-state index >= 15 is 0 Å². The largest absolute Gasteiger partial charge is 0.479 e. The molecule has 3 aromatic rings. The van der Waals surface area contributed by atoms with Gasteiger partial charge in [-0.25, -0.2) is 18.9 Å². The van der Waals surface area contributed by atoms with Crippen molar-refractivity contribution < 1.29 is 19.1 Å². The number of carbonyl (C=O) groups is 2. The number of amides is 1. The van der Waals surface area contributed by atoms with Crippen molar-refractivity contribution in [1.82, 2.24) is 20.1 Å². The summed E-state index contributed by atoms with van der Waals surface area (Å²) in [4.78, 5) is 28.4. The number of carboxylic acid groups (broad SMARTS) is 1. The summed E-state index contributed by atoms with van der Waals surface area (Å²) < 4.78 is 15.2. The predicted molar refractivity (Wildman–Crippen MR) is 96.9 cm³/mol. The number of carboxylic acids is 1. The van der Waals surface area contributed by atoms with E-state index in [1.165, 1.54) is 31.3 Å². The van der Waals surface area contributed by atoms with Crippen molar-refractivity contribution in [2.75, 3.05) is 0 Å². The minimum Gasteiger partial charge on any atom is -0.479 e. The number of pyridine rings is 1. The maximum Gasteiger partial charge on any atom is 0.330 e. The lowest BCUT2D eigenvalue weighted by Gasteiger charge is -2.16. The number of halogens is 1. The van der Waals surface area contributed by atoms with Gasteiger partial charge in [-0.15, -0.1) is 0 Å². The molecule has 1 amide bonds. The number of hydrogen-bond donors (Lipinski definition) is 2. The monoisotopic (exact) mass is 370 g/mol. The van der Waals surface area contributed by atoms with Gasteiger partial charge in [0.2, 0.25) is 0 Å². The summed E-state index contributed by atoms with van der Waals surface area (Å²) in [5.74, 6) is -2.27. The third kappa shape index (κ3) is 3.64. The number of carbonyl (C=O) groups excluding carboxylic acids is 1. The molecule has 8 heteroatoms. The van der Waals surface area contributed by atoms with Crippen LogP contribution in [0.5, 0.6) is 0 Å². The molecule has 2 heterocycles. The number of hydrogen-bond acceptors (Lipinski definition) is 4. The number of benzene rings is 1. The Hall–Kier alpha value is -3.29. The quantitative estimate of drug-likeness (QED) is 0.720. The molecule has 1 aromatic carbocycles. The molecule has 1 atom stereocenters. The maximum absolute atomic E-state index is 13.4. The first-order chi connectivity index (χ1) is 12.8. The normalized spacial score (nSPS) is 12.3. The molecular formula is C19H19FN4O3. The Morgan fingerprint density at radius 3 is 2.59 bits per heavy atom. The average Bonchev–Trinajstić information content (AvgIpc) is 3.05. The van der Waals surface area contributed by atoms with Crippen LogP contribution in [0, 0.1) is 12.7 Å². The molecule has 0 radical (unpaired) electrons. The number of fused-ring (bicyclic) bond motifs is 1. The zero-order chi connectivity index (χ0) is 19.7. The standard InChI is InChI=1S/C19H19FN4O3/c1-10(2)24-17-13(9-22-24)7-14(8-21-17)18(25)23-16(19(26)27)12-4-5-15(20)11(3)6-12/h4-10,16H,1-3H3,(H,23,25)(H,26,27). The number of aliphatic carboxylic acids is 1. The Balaban J connectivity index is 1.88. The summed E-state index contributed by atoms with van der Waals surface area (Å²) in [5, 5.41) is 16.9. The highest BCUT2D eigenvalue weighted by atomic mass is 19.1. The minimum atomic E-state index is -1.30. The van der Waals surface area contributed by atoms with Crippen molar-refractivity contribution in [1.29, 1.82) is 0 Å². The third-order valence-electron chi connectivity index (χ3n) is 4.22. The Kier molecular flexibility index (Phi) is 4.89. The number of aromatic nitrogens is 3. The van der Waals surface area contributed by atoms with Crippen LogP contribution in [0.4, 0.5) is 4.39 Å². The van der Waals surface area contributed by atoms with Crippen molar-refractivity contribution in [3.05, 3.63) is 59.2 Å². The van der Waals surface area contributed by atoms with Crippen LogP contribution in [-0.4, -0.2) is 31.7 Å². The molecule has 0 aliphatic rings. The van der Waals surface area contributed by atoms with Crippen LogP contribution < -0.4 is 5.32 Å². The summed E-state index contributed by atoms with van der Waals surface area (Å²) in [7, 11) is 0. The van der Waals surface area contributed by atoms with Crippen LogP contribution in [-0.2, 0) is 4.79 Å². The lowest BCUT2D eigenvalue weighted by Crippen LogP contribution is -2.33. The van der Waals surface area contributed by atoms with E-state index in [0.29, 0.717) is 16.6 Å². The minimum absolute atomic E-state index is 0.118. The molecule has 0 aliphatic carbocycles. The Bertz CT molecular complexity index is 1030. The van der Waals surface area contributed by atoms with E-state index < -0.39 is 23.7 Å². The van der Waals surface area contributed by atoms with Gasteiger partial charge >= 0.3 is 5.97 Å². The van der Waals surface area contributed by atoms with E-state index in [1.54, 1.807) is 16.9 Å². The van der Waals surface area contributed by atoms with Gasteiger partial charge in [-0.05, 0) is 44.0 Å². The number of rotatable bonds is 5. The summed E-state index contributed by atoms with van der Waals surface area (Å²) in [6.45, 7) is 5.47.